The van der Waals surface area contributed by atoms with Crippen LogP contribution in [0.3, 0.4) is 0 Å². The van der Waals surface area contributed by atoms with Crippen molar-refractivity contribution < 1.29 is 9.53 Å². The number of aromatic nitrogens is 1. The number of aromatic amines is 1. The predicted molar refractivity (Wildman–Crippen MR) is 117 cm³/mol. The molecule has 0 saturated carbocycles. The number of H-pyrrole nitrogens is 1. The molecule has 0 fully saturated rings. The molecular weight excluding hydrogens is 360 g/mol. The van der Waals surface area contributed by atoms with E-state index >= 15 is 0 Å². The van der Waals surface area contributed by atoms with E-state index in [1.54, 1.807) is 0 Å². The van der Waals surface area contributed by atoms with E-state index in [2.05, 4.69) is 23.3 Å². The molecule has 0 aliphatic heterocycles. The molecule has 4 aromatic rings. The molecule has 0 bridgehead atoms. The summed E-state index contributed by atoms with van der Waals surface area (Å²) in [4.78, 5) is 16.0. The van der Waals surface area contributed by atoms with Crippen molar-refractivity contribution in [2.75, 3.05) is 5.32 Å². The molecule has 3 aromatic carbocycles. The van der Waals surface area contributed by atoms with Crippen molar-refractivity contribution >= 4 is 22.5 Å². The quantitative estimate of drug-likeness (QED) is 0.443. The molecule has 146 valence electrons. The molecule has 4 rings (SSSR count). The lowest BCUT2D eigenvalue weighted by Crippen LogP contribution is -2.15. The summed E-state index contributed by atoms with van der Waals surface area (Å²) in [6.07, 6.45) is 1.21. The number of para-hydroxylation sites is 1. The normalized spacial score (nSPS) is 10.8. The van der Waals surface area contributed by atoms with Gasteiger partial charge in [0.25, 0.3) is 0 Å². The van der Waals surface area contributed by atoms with Gasteiger partial charge in [-0.3, -0.25) is 4.79 Å². The highest BCUT2D eigenvalue weighted by molar-refractivity contribution is 5.95. The molecule has 1 heterocycles. The summed E-state index contributed by atoms with van der Waals surface area (Å²) in [5.41, 5.74) is 5.04. The molecule has 0 atom stereocenters. The van der Waals surface area contributed by atoms with Crippen molar-refractivity contribution in [2.45, 2.75) is 26.4 Å². The fourth-order valence-electron chi connectivity index (χ4n) is 3.37. The van der Waals surface area contributed by atoms with E-state index in [0.717, 1.165) is 39.9 Å². The standard InChI is InChI=1S/C25H24N2O2/c1-2-21-14-20-15-22(12-13-23(20)26-21)27-25(28)16-19-10-6-7-11-24(19)29-17-18-8-4-3-5-9-18/h3-15,26H,2,16-17H2,1H3,(H,27,28). The molecule has 0 spiro atoms. The minimum Gasteiger partial charge on any atom is -0.489 e. The molecule has 0 saturated heterocycles. The van der Waals surface area contributed by atoms with Crippen molar-refractivity contribution in [3.63, 3.8) is 0 Å². The molecule has 0 aliphatic rings. The molecule has 4 heteroatoms. The smallest absolute Gasteiger partial charge is 0.228 e. The summed E-state index contributed by atoms with van der Waals surface area (Å²) in [5.74, 6) is 0.673. The van der Waals surface area contributed by atoms with Crippen LogP contribution in [0.5, 0.6) is 5.75 Å². The van der Waals surface area contributed by atoms with Gasteiger partial charge < -0.3 is 15.0 Å². The van der Waals surface area contributed by atoms with Crippen LogP contribution in [0.25, 0.3) is 10.9 Å². The third-order valence-corrected chi connectivity index (χ3v) is 4.90. The Morgan fingerprint density at radius 2 is 1.76 bits per heavy atom. The number of ether oxygens (including phenoxy) is 1. The lowest BCUT2D eigenvalue weighted by Gasteiger charge is -2.12. The van der Waals surface area contributed by atoms with Gasteiger partial charge in [0.1, 0.15) is 12.4 Å². The number of carbonyl (C=O) groups is 1. The van der Waals surface area contributed by atoms with Gasteiger partial charge in [-0.2, -0.15) is 0 Å². The van der Waals surface area contributed by atoms with Crippen molar-refractivity contribution in [3.05, 3.63) is 95.7 Å². The summed E-state index contributed by atoms with van der Waals surface area (Å²) in [7, 11) is 0. The highest BCUT2D eigenvalue weighted by Crippen LogP contribution is 2.23. The molecule has 1 aromatic heterocycles. The second-order valence-electron chi connectivity index (χ2n) is 7.06. The number of nitrogens with one attached hydrogen (secondary N) is 2. The summed E-state index contributed by atoms with van der Waals surface area (Å²) < 4.78 is 5.96. The first-order valence-electron chi connectivity index (χ1n) is 9.87. The number of hydrogen-bond donors (Lipinski definition) is 2. The van der Waals surface area contributed by atoms with Gasteiger partial charge in [-0.25, -0.2) is 0 Å². The number of rotatable bonds is 7. The van der Waals surface area contributed by atoms with E-state index in [0.29, 0.717) is 6.61 Å². The average Bonchev–Trinajstić information content (AvgIpc) is 3.16. The Morgan fingerprint density at radius 3 is 2.59 bits per heavy atom. The number of anilines is 1. The highest BCUT2D eigenvalue weighted by Gasteiger charge is 2.10. The minimum absolute atomic E-state index is 0.0636. The van der Waals surface area contributed by atoms with E-state index < -0.39 is 0 Å². The lowest BCUT2D eigenvalue weighted by molar-refractivity contribution is -0.115. The summed E-state index contributed by atoms with van der Waals surface area (Å²) in [5, 5.41) is 4.11. The topological polar surface area (TPSA) is 54.1 Å². The number of amides is 1. The van der Waals surface area contributed by atoms with Gasteiger partial charge in [-0.1, -0.05) is 55.5 Å². The second kappa shape index (κ2) is 8.65. The maximum absolute atomic E-state index is 12.6. The summed E-state index contributed by atoms with van der Waals surface area (Å²) >= 11 is 0. The summed E-state index contributed by atoms with van der Waals surface area (Å²) in [6.45, 7) is 2.59. The van der Waals surface area contributed by atoms with Crippen molar-refractivity contribution in [1.82, 2.24) is 4.98 Å². The number of fused-ring (bicyclic) bond motifs is 1. The molecular formula is C25H24N2O2. The molecule has 29 heavy (non-hydrogen) atoms. The number of aryl methyl sites for hydroxylation is 1. The van der Waals surface area contributed by atoms with E-state index in [-0.39, 0.29) is 12.3 Å². The zero-order valence-corrected chi connectivity index (χ0v) is 16.4. The first-order chi connectivity index (χ1) is 14.2. The second-order valence-corrected chi connectivity index (χ2v) is 7.06. The van der Waals surface area contributed by atoms with E-state index in [1.165, 1.54) is 5.69 Å². The van der Waals surface area contributed by atoms with Crippen molar-refractivity contribution in [1.29, 1.82) is 0 Å². The van der Waals surface area contributed by atoms with Crippen molar-refractivity contribution in [2.24, 2.45) is 0 Å². The third kappa shape index (κ3) is 4.66. The Labute approximate surface area is 170 Å². The zero-order valence-electron chi connectivity index (χ0n) is 16.4. The Balaban J connectivity index is 1.43. The number of benzene rings is 3. The van der Waals surface area contributed by atoms with Gasteiger partial charge in [-0.05, 0) is 42.3 Å². The third-order valence-electron chi connectivity index (χ3n) is 4.90. The average molecular weight is 384 g/mol. The molecule has 0 unspecified atom stereocenters. The highest BCUT2D eigenvalue weighted by atomic mass is 16.5. The van der Waals surface area contributed by atoms with Crippen molar-refractivity contribution in [3.8, 4) is 5.75 Å². The van der Waals surface area contributed by atoms with Gasteiger partial charge in [0.2, 0.25) is 5.91 Å². The largest absolute Gasteiger partial charge is 0.489 e. The zero-order chi connectivity index (χ0) is 20.1. The van der Waals surface area contributed by atoms with Crippen LogP contribution >= 0.6 is 0 Å². The van der Waals surface area contributed by atoms with Crippen LogP contribution in [0.2, 0.25) is 0 Å². The van der Waals surface area contributed by atoms with Gasteiger partial charge in [-0.15, -0.1) is 0 Å². The Morgan fingerprint density at radius 1 is 0.966 bits per heavy atom. The van der Waals surface area contributed by atoms with Gasteiger partial charge in [0, 0.05) is 27.8 Å². The molecule has 0 aliphatic carbocycles. The van der Waals surface area contributed by atoms with Crippen LogP contribution in [0.15, 0.2) is 78.9 Å². The van der Waals surface area contributed by atoms with Crippen LogP contribution in [-0.4, -0.2) is 10.9 Å². The maximum Gasteiger partial charge on any atom is 0.228 e. The van der Waals surface area contributed by atoms with Crippen LogP contribution in [0.4, 0.5) is 5.69 Å². The first kappa shape index (κ1) is 18.8. The first-order valence-corrected chi connectivity index (χ1v) is 9.87. The van der Waals surface area contributed by atoms with Crippen LogP contribution in [-0.2, 0) is 24.2 Å². The maximum atomic E-state index is 12.6. The fourth-order valence-corrected chi connectivity index (χ4v) is 3.37. The van der Waals surface area contributed by atoms with E-state index in [4.69, 9.17) is 4.74 Å². The van der Waals surface area contributed by atoms with Gasteiger partial charge >= 0.3 is 0 Å². The van der Waals surface area contributed by atoms with E-state index in [9.17, 15) is 4.79 Å². The minimum atomic E-state index is -0.0636. The Kier molecular flexibility index (Phi) is 5.61. The number of carbonyl (C=O) groups excluding carboxylic acids is 1. The molecule has 0 radical (unpaired) electrons. The predicted octanol–water partition coefficient (Wildman–Crippen LogP) is 5.49. The van der Waals surface area contributed by atoms with E-state index in [1.807, 2.05) is 72.8 Å². The Bertz CT molecular complexity index is 1120. The SMILES string of the molecule is CCc1cc2cc(NC(=O)Cc3ccccc3OCc3ccccc3)ccc2[nH]1. The Hall–Kier alpha value is -3.53. The van der Waals surface area contributed by atoms with Crippen LogP contribution in [0.1, 0.15) is 23.7 Å². The molecule has 4 nitrogen and oxygen atoms in total. The van der Waals surface area contributed by atoms with Crippen LogP contribution < -0.4 is 10.1 Å². The summed E-state index contributed by atoms with van der Waals surface area (Å²) in [6, 6.07) is 25.7. The van der Waals surface area contributed by atoms with Gasteiger partial charge in [0.05, 0.1) is 6.42 Å². The van der Waals surface area contributed by atoms with Crippen LogP contribution in [0, 0.1) is 0 Å². The molecule has 2 N–H and O–H groups in total. The molecule has 1 amide bonds. The fraction of sp³-hybridized carbons (Fsp3) is 0.160. The van der Waals surface area contributed by atoms with Gasteiger partial charge in [0.15, 0.2) is 0 Å². The lowest BCUT2D eigenvalue weighted by atomic mass is 10.1. The number of hydrogen-bond acceptors (Lipinski definition) is 2. The monoisotopic (exact) mass is 384 g/mol.